The molecule has 15 heteroatoms. The first-order chi connectivity index (χ1) is 23.2. The lowest BCUT2D eigenvalue weighted by molar-refractivity contribution is -0.123. The molecule has 0 radical (unpaired) electrons. The van der Waals surface area contributed by atoms with Gasteiger partial charge in [0, 0.05) is 30.1 Å². The smallest absolute Gasteiger partial charge is 0.410 e. The van der Waals surface area contributed by atoms with Gasteiger partial charge in [-0.05, 0) is 90.1 Å². The number of rotatable bonds is 5. The Bertz CT molecular complexity index is 1810. The normalized spacial score (nSPS) is 23.0. The van der Waals surface area contributed by atoms with Gasteiger partial charge in [-0.1, -0.05) is 23.7 Å². The first kappa shape index (κ1) is 35.5. The van der Waals surface area contributed by atoms with Crippen molar-refractivity contribution in [2.45, 2.75) is 95.9 Å². The van der Waals surface area contributed by atoms with Gasteiger partial charge in [-0.15, -0.1) is 10.2 Å². The van der Waals surface area contributed by atoms with Crippen molar-refractivity contribution in [3.8, 4) is 11.5 Å². The Hall–Kier alpha value is -4.33. The van der Waals surface area contributed by atoms with Gasteiger partial charge in [0.15, 0.2) is 0 Å². The summed E-state index contributed by atoms with van der Waals surface area (Å²) >= 11 is 6.05. The van der Waals surface area contributed by atoms with Crippen molar-refractivity contribution in [3.05, 3.63) is 64.3 Å². The van der Waals surface area contributed by atoms with Gasteiger partial charge in [0.1, 0.15) is 23.1 Å². The number of amides is 3. The van der Waals surface area contributed by atoms with E-state index in [1.807, 2.05) is 0 Å². The summed E-state index contributed by atoms with van der Waals surface area (Å²) in [6.45, 7) is 10.7. The number of hydrogen-bond donors (Lipinski definition) is 1. The third-order valence-electron chi connectivity index (χ3n) is 8.83. The number of alkyl halides is 2. The molecule has 2 aromatic carbocycles. The maximum Gasteiger partial charge on any atom is 0.410 e. The number of carbonyl (C=O) groups excluding carboxylic acids is 3. The summed E-state index contributed by atoms with van der Waals surface area (Å²) in [5, 5.41) is 11.0. The zero-order valence-electron chi connectivity index (χ0n) is 28.6. The van der Waals surface area contributed by atoms with Crippen molar-refractivity contribution in [1.29, 1.82) is 0 Å². The average Bonchev–Trinajstić information content (AvgIpc) is 3.46. The molecule has 1 N–H and O–H groups in total. The molecule has 1 aromatic heterocycles. The molecule has 1 unspecified atom stereocenters. The lowest BCUT2D eigenvalue weighted by Gasteiger charge is -2.54. The fraction of sp³-hybridized carbons (Fsp3) is 0.514. The SMILES string of the molecule is CC(C)(C)OC(=O)NC1CC(F)(F)c2cc(F)c(-c3nnc(C45CC(CN(C(=O)OC(C)(C)C)C4)C5)o3)cc2N(Cc2ccc(Cl)cc2)C1=O. The number of fused-ring (bicyclic) bond motifs is 3. The van der Waals surface area contributed by atoms with Crippen molar-refractivity contribution in [3.63, 3.8) is 0 Å². The highest BCUT2D eigenvalue weighted by Crippen LogP contribution is 2.52. The Morgan fingerprint density at radius 3 is 2.32 bits per heavy atom. The second-order valence-electron chi connectivity index (χ2n) is 15.3. The van der Waals surface area contributed by atoms with Crippen LogP contribution in [0, 0.1) is 11.7 Å². The molecule has 3 fully saturated rings. The molecule has 1 atom stereocenters. The number of aromatic nitrogens is 2. The van der Waals surface area contributed by atoms with Crippen LogP contribution in [0.15, 0.2) is 40.8 Å². The molecule has 50 heavy (non-hydrogen) atoms. The quantitative estimate of drug-likeness (QED) is 0.290. The minimum Gasteiger partial charge on any atom is -0.444 e. The van der Waals surface area contributed by atoms with E-state index in [1.54, 1.807) is 70.7 Å². The monoisotopic (exact) mass is 717 g/mol. The molecule has 2 saturated heterocycles. The number of alkyl carbamates (subject to hydrolysis) is 1. The number of hydrogen-bond acceptors (Lipinski definition) is 8. The van der Waals surface area contributed by atoms with Crippen LogP contribution in [0.2, 0.25) is 5.02 Å². The number of piperidine rings is 2. The van der Waals surface area contributed by atoms with Gasteiger partial charge in [-0.3, -0.25) is 4.79 Å². The minimum absolute atomic E-state index is 0.187. The van der Waals surface area contributed by atoms with E-state index in [0.29, 0.717) is 36.0 Å². The Labute approximate surface area is 292 Å². The van der Waals surface area contributed by atoms with E-state index < -0.39 is 64.5 Å². The zero-order valence-corrected chi connectivity index (χ0v) is 29.4. The van der Waals surface area contributed by atoms with Gasteiger partial charge >= 0.3 is 12.2 Å². The molecule has 3 aromatic rings. The number of halogens is 4. The summed E-state index contributed by atoms with van der Waals surface area (Å²) in [6, 6.07) is 6.45. The van der Waals surface area contributed by atoms with Crippen molar-refractivity contribution < 1.29 is 41.4 Å². The third-order valence-corrected chi connectivity index (χ3v) is 9.08. The highest BCUT2D eigenvalue weighted by Gasteiger charge is 2.56. The second-order valence-corrected chi connectivity index (χ2v) is 15.8. The Kier molecular flexibility index (Phi) is 8.85. The molecule has 3 aliphatic heterocycles. The van der Waals surface area contributed by atoms with E-state index in [2.05, 4.69) is 15.5 Å². The molecule has 11 nitrogen and oxygen atoms in total. The van der Waals surface area contributed by atoms with E-state index in [4.69, 9.17) is 25.5 Å². The number of nitrogens with one attached hydrogen (secondary N) is 1. The van der Waals surface area contributed by atoms with Crippen molar-refractivity contribution in [1.82, 2.24) is 20.4 Å². The average molecular weight is 718 g/mol. The minimum atomic E-state index is -3.76. The maximum absolute atomic E-state index is 16.0. The van der Waals surface area contributed by atoms with Crippen molar-refractivity contribution in [2.24, 2.45) is 5.92 Å². The molecule has 1 aliphatic carbocycles. The molecule has 1 saturated carbocycles. The Balaban J connectivity index is 1.36. The molecule has 268 valence electrons. The van der Waals surface area contributed by atoms with Crippen LogP contribution in [-0.2, 0) is 32.2 Å². The number of ether oxygens (including phenoxy) is 2. The van der Waals surface area contributed by atoms with E-state index in [1.165, 1.54) is 0 Å². The molecular formula is C35H39ClF3N5O6. The summed E-state index contributed by atoms with van der Waals surface area (Å²) in [6.07, 6.45) is -1.32. The number of carbonyl (C=O) groups is 3. The van der Waals surface area contributed by atoms with Gasteiger partial charge < -0.3 is 29.0 Å². The Morgan fingerprint density at radius 1 is 1.02 bits per heavy atom. The largest absolute Gasteiger partial charge is 0.444 e. The standard InChI is InChI=1S/C35H39ClF3N5O6/c1-32(2,3)49-30(46)40-25-15-35(38,39)23-12-24(37)22(11-26(23)44(28(25)45)17-19-7-9-21(36)10-8-19)27-41-42-29(48-27)34-13-20(14-34)16-43(18-34)31(47)50-33(4,5)6/h7-12,20,25H,13-18H2,1-6H3,(H,40,46). The van der Waals surface area contributed by atoms with Crippen LogP contribution in [0.3, 0.4) is 0 Å². The Morgan fingerprint density at radius 2 is 1.68 bits per heavy atom. The molecule has 7 rings (SSSR count). The molecule has 0 spiro atoms. The van der Waals surface area contributed by atoms with E-state index in [0.717, 1.165) is 11.0 Å². The van der Waals surface area contributed by atoms with Crippen LogP contribution in [0.4, 0.5) is 28.4 Å². The van der Waals surface area contributed by atoms with Crippen LogP contribution in [0.5, 0.6) is 0 Å². The first-order valence-corrected chi connectivity index (χ1v) is 16.7. The molecule has 2 bridgehead atoms. The van der Waals surface area contributed by atoms with E-state index in [-0.39, 0.29) is 42.0 Å². The van der Waals surface area contributed by atoms with Gasteiger partial charge in [0.05, 0.1) is 23.2 Å². The van der Waals surface area contributed by atoms with Gasteiger partial charge in [-0.25, -0.2) is 22.8 Å². The number of benzene rings is 2. The van der Waals surface area contributed by atoms with Crippen LogP contribution in [0.1, 0.15) is 77.8 Å². The van der Waals surface area contributed by atoms with Crippen LogP contribution in [-0.4, -0.2) is 63.5 Å². The zero-order chi connectivity index (χ0) is 36.4. The molecule has 4 aliphatic rings. The summed E-state index contributed by atoms with van der Waals surface area (Å²) < 4.78 is 64.7. The molecular weight excluding hydrogens is 679 g/mol. The fourth-order valence-corrected chi connectivity index (χ4v) is 6.93. The summed E-state index contributed by atoms with van der Waals surface area (Å²) in [5.74, 6) is -5.59. The highest BCUT2D eigenvalue weighted by atomic mass is 35.5. The fourth-order valence-electron chi connectivity index (χ4n) is 6.80. The number of anilines is 1. The van der Waals surface area contributed by atoms with Crippen LogP contribution >= 0.6 is 11.6 Å². The van der Waals surface area contributed by atoms with E-state index in [9.17, 15) is 14.4 Å². The summed E-state index contributed by atoms with van der Waals surface area (Å²) in [4.78, 5) is 42.2. The van der Waals surface area contributed by atoms with Crippen LogP contribution < -0.4 is 10.2 Å². The lowest BCUT2D eigenvalue weighted by atomic mass is 9.58. The van der Waals surface area contributed by atoms with E-state index >= 15 is 13.2 Å². The summed E-state index contributed by atoms with van der Waals surface area (Å²) in [5.41, 5.74) is -3.12. The lowest BCUT2D eigenvalue weighted by Crippen LogP contribution is -2.61. The van der Waals surface area contributed by atoms with Crippen molar-refractivity contribution in [2.75, 3.05) is 18.0 Å². The number of nitrogens with zero attached hydrogens (tertiary/aromatic N) is 4. The second kappa shape index (κ2) is 12.5. The predicted molar refractivity (Wildman–Crippen MR) is 176 cm³/mol. The van der Waals surface area contributed by atoms with Gasteiger partial charge in [-0.2, -0.15) is 0 Å². The maximum atomic E-state index is 16.0. The highest BCUT2D eigenvalue weighted by molar-refractivity contribution is 6.30. The van der Waals surface area contributed by atoms with Gasteiger partial charge in [0.2, 0.25) is 11.8 Å². The van der Waals surface area contributed by atoms with Gasteiger partial charge in [0.25, 0.3) is 11.8 Å². The topological polar surface area (TPSA) is 127 Å². The van der Waals surface area contributed by atoms with Crippen molar-refractivity contribution >= 4 is 35.4 Å². The summed E-state index contributed by atoms with van der Waals surface area (Å²) in [7, 11) is 0. The first-order valence-electron chi connectivity index (χ1n) is 16.3. The molecule has 3 amide bonds. The van der Waals surface area contributed by atoms with Crippen LogP contribution in [0.25, 0.3) is 11.5 Å². The predicted octanol–water partition coefficient (Wildman–Crippen LogP) is 7.35. The molecule has 4 heterocycles. The third kappa shape index (κ3) is 7.26.